The number of nitrogens with zero attached hydrogens (tertiary/aromatic N) is 1. The van der Waals surface area contributed by atoms with Crippen LogP contribution < -0.4 is 5.73 Å². The molecule has 0 amide bonds. The van der Waals surface area contributed by atoms with Crippen molar-refractivity contribution in [1.29, 1.82) is 5.41 Å². The molecule has 1 heterocycles. The van der Waals surface area contributed by atoms with E-state index in [2.05, 4.69) is 4.98 Å². The third-order valence-corrected chi connectivity index (χ3v) is 2.17. The Morgan fingerprint density at radius 3 is 3.17 bits per heavy atom. The van der Waals surface area contributed by atoms with Crippen LogP contribution in [-0.4, -0.2) is 16.6 Å². The standard InChI is InChI=1S/C7H11N3OS/c8-6(9)2-1-5-12-7-10-3-4-11-7/h3-4H,1-2,5H2,(H3,8,9). The fourth-order valence-corrected chi connectivity index (χ4v) is 1.43. The third-order valence-electron chi connectivity index (χ3n) is 1.23. The molecule has 0 saturated carbocycles. The lowest BCUT2D eigenvalue weighted by atomic mass is 10.3. The summed E-state index contributed by atoms with van der Waals surface area (Å²) in [5.41, 5.74) is 5.19. The summed E-state index contributed by atoms with van der Waals surface area (Å²) in [5, 5.41) is 7.66. The maximum Gasteiger partial charge on any atom is 0.255 e. The first-order valence-electron chi connectivity index (χ1n) is 3.64. The molecular weight excluding hydrogens is 174 g/mol. The van der Waals surface area contributed by atoms with Gasteiger partial charge in [0.25, 0.3) is 5.22 Å². The van der Waals surface area contributed by atoms with Crippen molar-refractivity contribution in [2.75, 3.05) is 5.75 Å². The molecule has 0 bridgehead atoms. The van der Waals surface area contributed by atoms with Gasteiger partial charge in [0, 0.05) is 12.2 Å². The topological polar surface area (TPSA) is 75.9 Å². The van der Waals surface area contributed by atoms with Crippen LogP contribution in [0.15, 0.2) is 22.1 Å². The van der Waals surface area contributed by atoms with Gasteiger partial charge in [-0.1, -0.05) is 11.8 Å². The Hall–Kier alpha value is -0.970. The quantitative estimate of drug-likeness (QED) is 0.315. The van der Waals surface area contributed by atoms with E-state index in [0.717, 1.165) is 12.2 Å². The van der Waals surface area contributed by atoms with Gasteiger partial charge >= 0.3 is 0 Å². The number of hydrogen-bond donors (Lipinski definition) is 2. The summed E-state index contributed by atoms with van der Waals surface area (Å²) in [5.74, 6) is 1.13. The molecule has 0 unspecified atom stereocenters. The lowest BCUT2D eigenvalue weighted by Crippen LogP contribution is -2.08. The van der Waals surface area contributed by atoms with Crippen molar-refractivity contribution in [2.24, 2.45) is 5.73 Å². The van der Waals surface area contributed by atoms with Crippen LogP contribution >= 0.6 is 11.8 Å². The van der Waals surface area contributed by atoms with Crippen molar-refractivity contribution in [1.82, 2.24) is 4.98 Å². The molecule has 0 radical (unpaired) electrons. The number of nitrogens with one attached hydrogen (secondary N) is 1. The van der Waals surface area contributed by atoms with Gasteiger partial charge in [0.1, 0.15) is 6.26 Å². The molecule has 3 N–H and O–H groups in total. The van der Waals surface area contributed by atoms with Crippen LogP contribution in [0.4, 0.5) is 0 Å². The van der Waals surface area contributed by atoms with Gasteiger partial charge < -0.3 is 10.2 Å². The van der Waals surface area contributed by atoms with Gasteiger partial charge in [-0.15, -0.1) is 0 Å². The zero-order chi connectivity index (χ0) is 8.81. The van der Waals surface area contributed by atoms with E-state index in [-0.39, 0.29) is 5.84 Å². The number of thioether (sulfide) groups is 1. The van der Waals surface area contributed by atoms with Crippen LogP contribution in [0.3, 0.4) is 0 Å². The van der Waals surface area contributed by atoms with E-state index in [1.165, 1.54) is 11.8 Å². The van der Waals surface area contributed by atoms with Crippen molar-refractivity contribution >= 4 is 17.6 Å². The van der Waals surface area contributed by atoms with E-state index in [9.17, 15) is 0 Å². The highest BCUT2D eigenvalue weighted by atomic mass is 32.2. The highest BCUT2D eigenvalue weighted by Crippen LogP contribution is 2.15. The highest BCUT2D eigenvalue weighted by molar-refractivity contribution is 7.99. The van der Waals surface area contributed by atoms with Gasteiger partial charge in [-0.05, 0) is 6.42 Å². The monoisotopic (exact) mass is 185 g/mol. The van der Waals surface area contributed by atoms with Crippen LogP contribution in [-0.2, 0) is 0 Å². The van der Waals surface area contributed by atoms with Gasteiger partial charge in [-0.2, -0.15) is 0 Å². The second-order valence-corrected chi connectivity index (χ2v) is 3.32. The van der Waals surface area contributed by atoms with Crippen molar-refractivity contribution in [2.45, 2.75) is 18.1 Å². The Morgan fingerprint density at radius 1 is 1.75 bits per heavy atom. The van der Waals surface area contributed by atoms with E-state index < -0.39 is 0 Å². The zero-order valence-electron chi connectivity index (χ0n) is 6.62. The highest BCUT2D eigenvalue weighted by Gasteiger charge is 1.97. The fraction of sp³-hybridized carbons (Fsp3) is 0.429. The Balaban J connectivity index is 2.07. The minimum atomic E-state index is 0.239. The molecule has 5 heteroatoms. The number of nitrogens with two attached hydrogens (primary N) is 1. The zero-order valence-corrected chi connectivity index (χ0v) is 7.43. The maximum absolute atomic E-state index is 6.98. The van der Waals surface area contributed by atoms with Crippen LogP contribution in [0.1, 0.15) is 12.8 Å². The smallest absolute Gasteiger partial charge is 0.255 e. The lowest BCUT2D eigenvalue weighted by molar-refractivity contribution is 0.454. The van der Waals surface area contributed by atoms with E-state index in [0.29, 0.717) is 11.6 Å². The Kier molecular flexibility index (Phi) is 3.66. The molecule has 66 valence electrons. The molecule has 0 fully saturated rings. The van der Waals surface area contributed by atoms with Crippen LogP contribution in [0.25, 0.3) is 0 Å². The molecule has 0 saturated heterocycles. The molecule has 4 nitrogen and oxygen atoms in total. The summed E-state index contributed by atoms with van der Waals surface area (Å²) in [4.78, 5) is 3.94. The summed E-state index contributed by atoms with van der Waals surface area (Å²) in [6.07, 6.45) is 4.71. The summed E-state index contributed by atoms with van der Waals surface area (Å²) in [6, 6.07) is 0. The average Bonchev–Trinajstić information content (AvgIpc) is 2.49. The van der Waals surface area contributed by atoms with Crippen molar-refractivity contribution in [3.63, 3.8) is 0 Å². The predicted molar refractivity (Wildman–Crippen MR) is 48.4 cm³/mol. The Bertz CT molecular complexity index is 235. The molecule has 1 rings (SSSR count). The summed E-state index contributed by atoms with van der Waals surface area (Å²) in [7, 11) is 0. The number of oxazole rings is 1. The van der Waals surface area contributed by atoms with Crippen molar-refractivity contribution in [3.8, 4) is 0 Å². The van der Waals surface area contributed by atoms with Gasteiger partial charge in [0.2, 0.25) is 0 Å². The Labute approximate surface area is 75.1 Å². The predicted octanol–water partition coefficient (Wildman–Crippen LogP) is 1.48. The molecule has 0 aliphatic carbocycles. The van der Waals surface area contributed by atoms with E-state index in [1.807, 2.05) is 0 Å². The molecule has 0 aromatic carbocycles. The molecule has 12 heavy (non-hydrogen) atoms. The molecular formula is C7H11N3OS. The van der Waals surface area contributed by atoms with Crippen LogP contribution in [0.2, 0.25) is 0 Å². The minimum absolute atomic E-state index is 0.239. The first-order chi connectivity index (χ1) is 5.79. The number of rotatable bonds is 5. The summed E-state index contributed by atoms with van der Waals surface area (Å²) in [6.45, 7) is 0. The lowest BCUT2D eigenvalue weighted by Gasteiger charge is -1.95. The first kappa shape index (κ1) is 9.12. The summed E-state index contributed by atoms with van der Waals surface area (Å²) < 4.78 is 5.01. The normalized spacial score (nSPS) is 10.0. The third kappa shape index (κ3) is 3.43. The van der Waals surface area contributed by atoms with Crippen LogP contribution in [0.5, 0.6) is 0 Å². The Morgan fingerprint density at radius 2 is 2.58 bits per heavy atom. The molecule has 0 aliphatic rings. The van der Waals surface area contributed by atoms with Crippen LogP contribution in [0, 0.1) is 5.41 Å². The van der Waals surface area contributed by atoms with Crippen molar-refractivity contribution in [3.05, 3.63) is 12.5 Å². The van der Waals surface area contributed by atoms with Crippen molar-refractivity contribution < 1.29 is 4.42 Å². The number of amidine groups is 1. The van der Waals surface area contributed by atoms with E-state index in [1.54, 1.807) is 12.5 Å². The van der Waals surface area contributed by atoms with Gasteiger partial charge in [0.15, 0.2) is 0 Å². The average molecular weight is 185 g/mol. The number of aromatic nitrogens is 1. The fourth-order valence-electron chi connectivity index (χ4n) is 0.704. The number of hydrogen-bond acceptors (Lipinski definition) is 4. The molecule has 1 aromatic rings. The summed E-state index contributed by atoms with van der Waals surface area (Å²) >= 11 is 1.54. The SMILES string of the molecule is N=C(N)CCCSc1ncco1. The van der Waals surface area contributed by atoms with E-state index >= 15 is 0 Å². The van der Waals surface area contributed by atoms with Gasteiger partial charge in [-0.25, -0.2) is 4.98 Å². The molecule has 1 aromatic heterocycles. The molecule has 0 spiro atoms. The second-order valence-electron chi connectivity index (χ2n) is 2.28. The largest absolute Gasteiger partial charge is 0.440 e. The van der Waals surface area contributed by atoms with Gasteiger partial charge in [-0.3, -0.25) is 5.41 Å². The molecule has 0 atom stereocenters. The van der Waals surface area contributed by atoms with Gasteiger partial charge in [0.05, 0.1) is 12.0 Å². The molecule has 0 aliphatic heterocycles. The second kappa shape index (κ2) is 4.82. The maximum atomic E-state index is 6.98. The minimum Gasteiger partial charge on any atom is -0.440 e. The van der Waals surface area contributed by atoms with E-state index in [4.69, 9.17) is 15.6 Å². The first-order valence-corrected chi connectivity index (χ1v) is 4.63.